The lowest BCUT2D eigenvalue weighted by Crippen LogP contribution is -2.16. The van der Waals surface area contributed by atoms with Gasteiger partial charge < -0.3 is 0 Å². The molecule has 0 saturated carbocycles. The van der Waals surface area contributed by atoms with Crippen LogP contribution in [0.4, 0.5) is 5.95 Å². The molecule has 2 aromatic rings. The first-order valence-electron chi connectivity index (χ1n) is 7.43. The molecule has 9 heteroatoms. The Labute approximate surface area is 129 Å². The van der Waals surface area contributed by atoms with Crippen LogP contribution in [-0.2, 0) is 29.5 Å². The second-order valence-corrected chi connectivity index (χ2v) is 7.07. The van der Waals surface area contributed by atoms with Crippen molar-refractivity contribution in [3.63, 3.8) is 0 Å². The van der Waals surface area contributed by atoms with Crippen molar-refractivity contribution >= 4 is 16.0 Å². The van der Waals surface area contributed by atoms with Crippen LogP contribution in [-0.4, -0.2) is 33.0 Å². The van der Waals surface area contributed by atoms with Crippen molar-refractivity contribution in [3.8, 4) is 0 Å². The van der Waals surface area contributed by atoms with Gasteiger partial charge in [0.05, 0.1) is 11.4 Å². The molecular weight excluding hydrogens is 304 g/mol. The molecular formula is C13H20N6O2S. The molecule has 22 heavy (non-hydrogen) atoms. The number of rotatable bonds is 4. The summed E-state index contributed by atoms with van der Waals surface area (Å²) < 4.78 is 31.2. The van der Waals surface area contributed by atoms with Crippen molar-refractivity contribution in [1.29, 1.82) is 0 Å². The third-order valence-corrected chi connectivity index (χ3v) is 5.46. The first-order valence-corrected chi connectivity index (χ1v) is 8.91. The lowest BCUT2D eigenvalue weighted by Gasteiger charge is -2.09. The summed E-state index contributed by atoms with van der Waals surface area (Å²) in [6, 6.07) is 0. The van der Waals surface area contributed by atoms with E-state index in [2.05, 4.69) is 19.9 Å². The van der Waals surface area contributed by atoms with E-state index >= 15 is 0 Å². The minimum atomic E-state index is -3.74. The highest BCUT2D eigenvalue weighted by Gasteiger charge is 2.26. The fourth-order valence-electron chi connectivity index (χ4n) is 2.87. The van der Waals surface area contributed by atoms with Gasteiger partial charge in [-0.05, 0) is 33.6 Å². The third kappa shape index (κ3) is 2.49. The third-order valence-electron chi connectivity index (χ3n) is 3.88. The molecule has 2 aromatic heterocycles. The molecule has 0 unspecified atom stereocenters. The second kappa shape index (κ2) is 5.38. The van der Waals surface area contributed by atoms with E-state index in [0.29, 0.717) is 17.9 Å². The maximum absolute atomic E-state index is 12.6. The Bertz CT molecular complexity index is 781. The van der Waals surface area contributed by atoms with E-state index in [-0.39, 0.29) is 10.8 Å². The van der Waals surface area contributed by atoms with E-state index in [9.17, 15) is 8.42 Å². The summed E-state index contributed by atoms with van der Waals surface area (Å²) in [4.78, 5) is 4.49. The number of hydrogen-bond donors (Lipinski definition) is 1. The number of aromatic nitrogens is 5. The van der Waals surface area contributed by atoms with Gasteiger partial charge in [0.15, 0.2) is 0 Å². The zero-order valence-electron chi connectivity index (χ0n) is 13.0. The van der Waals surface area contributed by atoms with E-state index in [1.54, 1.807) is 23.2 Å². The summed E-state index contributed by atoms with van der Waals surface area (Å²) >= 11 is 0. The standard InChI is InChI=1S/C13H20N6O2S/c1-4-18-10(3)12(9(2)15-18)22(20,21)17-13-14-11-7-5-6-8-19(11)16-13/h4-8H2,1-3H3,(H,16,17). The van der Waals surface area contributed by atoms with Crippen LogP contribution in [0.25, 0.3) is 0 Å². The van der Waals surface area contributed by atoms with Gasteiger partial charge in [-0.2, -0.15) is 10.1 Å². The van der Waals surface area contributed by atoms with Crippen molar-refractivity contribution in [2.75, 3.05) is 4.72 Å². The molecule has 0 spiro atoms. The minimum Gasteiger partial charge on any atom is -0.268 e. The fourth-order valence-corrected chi connectivity index (χ4v) is 4.23. The van der Waals surface area contributed by atoms with Gasteiger partial charge >= 0.3 is 0 Å². The molecule has 1 aliphatic rings. The summed E-state index contributed by atoms with van der Waals surface area (Å²) in [5.41, 5.74) is 1.10. The van der Waals surface area contributed by atoms with Gasteiger partial charge in [0.2, 0.25) is 0 Å². The highest BCUT2D eigenvalue weighted by atomic mass is 32.2. The molecule has 0 saturated heterocycles. The number of aryl methyl sites for hydroxylation is 4. The van der Waals surface area contributed by atoms with E-state index in [4.69, 9.17) is 0 Å². The van der Waals surface area contributed by atoms with Crippen molar-refractivity contribution in [2.24, 2.45) is 0 Å². The quantitative estimate of drug-likeness (QED) is 0.913. The van der Waals surface area contributed by atoms with Crippen molar-refractivity contribution < 1.29 is 8.42 Å². The average Bonchev–Trinajstić information content (AvgIpc) is 2.97. The molecule has 0 amide bonds. The molecule has 120 valence electrons. The van der Waals surface area contributed by atoms with Gasteiger partial charge in [0.25, 0.3) is 16.0 Å². The Morgan fingerprint density at radius 1 is 1.23 bits per heavy atom. The minimum absolute atomic E-state index is 0.139. The lowest BCUT2D eigenvalue weighted by atomic mass is 10.2. The van der Waals surface area contributed by atoms with Gasteiger partial charge in [-0.1, -0.05) is 0 Å². The van der Waals surface area contributed by atoms with E-state index in [1.165, 1.54) is 0 Å². The molecule has 0 bridgehead atoms. The van der Waals surface area contributed by atoms with Crippen molar-refractivity contribution in [2.45, 2.75) is 58.0 Å². The number of nitrogens with zero attached hydrogens (tertiary/aromatic N) is 5. The molecule has 3 heterocycles. The summed E-state index contributed by atoms with van der Waals surface area (Å²) in [7, 11) is -3.74. The van der Waals surface area contributed by atoms with Crippen LogP contribution in [0, 0.1) is 13.8 Å². The Balaban J connectivity index is 1.94. The highest BCUT2D eigenvalue weighted by molar-refractivity contribution is 7.92. The monoisotopic (exact) mass is 324 g/mol. The van der Waals surface area contributed by atoms with E-state index in [1.807, 2.05) is 6.92 Å². The van der Waals surface area contributed by atoms with E-state index in [0.717, 1.165) is 31.6 Å². The SMILES string of the molecule is CCn1nc(C)c(S(=O)(=O)Nc2nc3n(n2)CCCC3)c1C. The number of nitrogens with one attached hydrogen (secondary N) is 1. The first kappa shape index (κ1) is 15.0. The Morgan fingerprint density at radius 2 is 2.00 bits per heavy atom. The smallest absolute Gasteiger partial charge is 0.267 e. The van der Waals surface area contributed by atoms with Crippen LogP contribution in [0.5, 0.6) is 0 Å². The van der Waals surface area contributed by atoms with Gasteiger partial charge in [-0.3, -0.25) is 4.68 Å². The lowest BCUT2D eigenvalue weighted by molar-refractivity contribution is 0.480. The molecule has 1 aliphatic heterocycles. The zero-order chi connectivity index (χ0) is 15.9. The largest absolute Gasteiger partial charge is 0.268 e. The molecule has 0 radical (unpaired) electrons. The molecule has 0 aromatic carbocycles. The maximum atomic E-state index is 12.6. The average molecular weight is 324 g/mol. The van der Waals surface area contributed by atoms with Crippen molar-refractivity contribution in [3.05, 3.63) is 17.2 Å². The van der Waals surface area contributed by atoms with Crippen LogP contribution in [0.1, 0.15) is 37.0 Å². The molecule has 0 aliphatic carbocycles. The van der Waals surface area contributed by atoms with Gasteiger partial charge in [-0.15, -0.1) is 5.10 Å². The maximum Gasteiger partial charge on any atom is 0.267 e. The van der Waals surface area contributed by atoms with Crippen LogP contribution < -0.4 is 4.72 Å². The molecule has 1 N–H and O–H groups in total. The molecule has 8 nitrogen and oxygen atoms in total. The fraction of sp³-hybridized carbons (Fsp3) is 0.615. The van der Waals surface area contributed by atoms with Gasteiger partial charge in [-0.25, -0.2) is 17.8 Å². The van der Waals surface area contributed by atoms with Crippen molar-refractivity contribution in [1.82, 2.24) is 24.5 Å². The summed E-state index contributed by atoms with van der Waals surface area (Å²) in [6.45, 7) is 6.78. The topological polar surface area (TPSA) is 94.7 Å². The Kier molecular flexibility index (Phi) is 3.67. The van der Waals surface area contributed by atoms with Crippen LogP contribution in [0.3, 0.4) is 0 Å². The summed E-state index contributed by atoms with van der Waals surface area (Å²) in [6.07, 6.45) is 2.94. The van der Waals surface area contributed by atoms with Gasteiger partial charge in [0.1, 0.15) is 10.7 Å². The Hall–Kier alpha value is -1.90. The molecule has 3 rings (SSSR count). The van der Waals surface area contributed by atoms with Gasteiger partial charge in [0, 0.05) is 19.5 Å². The number of sulfonamides is 1. The van der Waals surface area contributed by atoms with E-state index < -0.39 is 10.0 Å². The number of hydrogen-bond acceptors (Lipinski definition) is 5. The summed E-state index contributed by atoms with van der Waals surface area (Å²) in [5.74, 6) is 0.974. The van der Waals surface area contributed by atoms with Crippen LogP contribution in [0.2, 0.25) is 0 Å². The zero-order valence-corrected chi connectivity index (χ0v) is 13.8. The molecule has 0 atom stereocenters. The molecule has 0 fully saturated rings. The van der Waals surface area contributed by atoms with Crippen LogP contribution >= 0.6 is 0 Å². The second-order valence-electron chi connectivity index (χ2n) is 5.45. The number of anilines is 1. The highest BCUT2D eigenvalue weighted by Crippen LogP contribution is 2.22. The summed E-state index contributed by atoms with van der Waals surface area (Å²) in [5, 5.41) is 8.49. The number of fused-ring (bicyclic) bond motifs is 1. The predicted molar refractivity (Wildman–Crippen MR) is 81.1 cm³/mol. The first-order chi connectivity index (χ1) is 10.4. The Morgan fingerprint density at radius 3 is 2.64 bits per heavy atom. The normalized spacial score (nSPS) is 14.9. The predicted octanol–water partition coefficient (Wildman–Crippen LogP) is 1.25. The van der Waals surface area contributed by atoms with Crippen LogP contribution in [0.15, 0.2) is 4.90 Å².